The lowest BCUT2D eigenvalue weighted by Gasteiger charge is -2.48. The number of methoxy groups -OCH3 is 1. The van der Waals surface area contributed by atoms with Crippen LogP contribution in [0.3, 0.4) is 0 Å². The lowest BCUT2D eigenvalue weighted by atomic mass is 9.96. The first-order valence-corrected chi connectivity index (χ1v) is 13.8. The van der Waals surface area contributed by atoms with E-state index in [1.807, 2.05) is 0 Å². The quantitative estimate of drug-likeness (QED) is 0.163. The molecule has 0 saturated carbocycles. The molecule has 2 saturated heterocycles. The highest BCUT2D eigenvalue weighted by molar-refractivity contribution is 9.09. The maximum atomic E-state index is 12.2. The minimum atomic E-state index is -1.59. The molecule has 238 valence electrons. The van der Waals surface area contributed by atoms with E-state index in [0.717, 1.165) is 41.5 Å². The molecule has 17 heteroatoms. The van der Waals surface area contributed by atoms with Gasteiger partial charge in [-0.25, -0.2) is 0 Å². The molecule has 0 aromatic carbocycles. The molecule has 0 aromatic rings. The zero-order valence-corrected chi connectivity index (χ0v) is 25.7. The molecule has 2 aliphatic rings. The molecular weight excluding hydrogens is 636 g/mol. The van der Waals surface area contributed by atoms with Crippen molar-refractivity contribution in [2.75, 3.05) is 19.0 Å². The number of halogens is 1. The molecule has 0 spiro atoms. The highest BCUT2D eigenvalue weighted by Crippen LogP contribution is 2.35. The molecule has 2 aliphatic heterocycles. The molecule has 0 amide bonds. The predicted molar refractivity (Wildman–Crippen MR) is 137 cm³/mol. The molecule has 0 N–H and O–H groups in total. The fraction of sp³-hybridized carbons (Fsp3) is 0.760. The molecule has 16 nitrogen and oxygen atoms in total. The number of ether oxygens (including phenoxy) is 10. The zero-order chi connectivity index (χ0) is 31.7. The number of alkyl halides is 1. The van der Waals surface area contributed by atoms with Gasteiger partial charge in [0.15, 0.2) is 43.1 Å². The Kier molecular flexibility index (Phi) is 13.6. The van der Waals surface area contributed by atoms with E-state index >= 15 is 0 Å². The highest BCUT2D eigenvalue weighted by atomic mass is 79.9. The van der Waals surface area contributed by atoms with Gasteiger partial charge in [0, 0.05) is 54.0 Å². The van der Waals surface area contributed by atoms with Gasteiger partial charge in [0.2, 0.25) is 0 Å². The summed E-state index contributed by atoms with van der Waals surface area (Å²) in [5.74, 6) is -4.63. The molecule has 42 heavy (non-hydrogen) atoms. The fourth-order valence-electron chi connectivity index (χ4n) is 4.45. The lowest BCUT2D eigenvalue weighted by molar-refractivity contribution is -0.355. The van der Waals surface area contributed by atoms with Crippen LogP contribution < -0.4 is 0 Å². The van der Waals surface area contributed by atoms with Crippen molar-refractivity contribution in [3.63, 3.8) is 0 Å². The summed E-state index contributed by atoms with van der Waals surface area (Å²) < 4.78 is 55.6. The molecule has 0 aromatic heterocycles. The summed E-state index contributed by atoms with van der Waals surface area (Å²) >= 11 is 3.26. The molecule has 2 heterocycles. The van der Waals surface area contributed by atoms with Crippen LogP contribution in [-0.2, 0) is 76.1 Å². The number of carbonyl (C=O) groups excluding carboxylic acids is 6. The minimum Gasteiger partial charge on any atom is -0.463 e. The smallest absolute Gasteiger partial charge is 0.303 e. The number of carbonyl (C=O) groups is 6. The number of hydrogen-bond donors (Lipinski definition) is 0. The van der Waals surface area contributed by atoms with Gasteiger partial charge in [-0.15, -0.1) is 0 Å². The number of hydrogen-bond acceptors (Lipinski definition) is 16. The van der Waals surface area contributed by atoms with Crippen LogP contribution in [0.25, 0.3) is 0 Å². The summed E-state index contributed by atoms with van der Waals surface area (Å²) in [5.41, 5.74) is 0. The third kappa shape index (κ3) is 9.86. The topological polar surface area (TPSA) is 195 Å². The first kappa shape index (κ1) is 35.3. The Morgan fingerprint density at radius 3 is 1.38 bits per heavy atom. The zero-order valence-electron chi connectivity index (χ0n) is 24.1. The van der Waals surface area contributed by atoms with Crippen molar-refractivity contribution in [3.05, 3.63) is 0 Å². The van der Waals surface area contributed by atoms with E-state index < -0.39 is 104 Å². The summed E-state index contributed by atoms with van der Waals surface area (Å²) in [6.45, 7) is 6.22. The van der Waals surface area contributed by atoms with Crippen molar-refractivity contribution in [1.82, 2.24) is 0 Å². The van der Waals surface area contributed by atoms with E-state index in [1.165, 1.54) is 7.11 Å². The molecule has 10 atom stereocenters. The van der Waals surface area contributed by atoms with E-state index in [-0.39, 0.29) is 5.33 Å². The summed E-state index contributed by atoms with van der Waals surface area (Å²) in [5, 5.41) is 0.0304. The van der Waals surface area contributed by atoms with Crippen LogP contribution in [0.15, 0.2) is 0 Å². The average molecular weight is 671 g/mol. The van der Waals surface area contributed by atoms with E-state index in [1.54, 1.807) is 0 Å². The van der Waals surface area contributed by atoms with Gasteiger partial charge in [-0.2, -0.15) is 0 Å². The van der Waals surface area contributed by atoms with Crippen molar-refractivity contribution >= 4 is 51.7 Å². The van der Waals surface area contributed by atoms with Gasteiger partial charge in [0.05, 0.1) is 0 Å². The normalized spacial score (nSPS) is 32.6. The Morgan fingerprint density at radius 1 is 0.548 bits per heavy atom. The molecule has 2 fully saturated rings. The van der Waals surface area contributed by atoms with Gasteiger partial charge in [0.1, 0.15) is 24.9 Å². The number of esters is 6. The summed E-state index contributed by atoms with van der Waals surface area (Å²) in [4.78, 5) is 71.9. The van der Waals surface area contributed by atoms with Crippen LogP contribution in [0, 0.1) is 0 Å². The predicted octanol–water partition coefficient (Wildman–Crippen LogP) is 0.0843. The van der Waals surface area contributed by atoms with Crippen LogP contribution in [-0.4, -0.2) is 116 Å². The van der Waals surface area contributed by atoms with Crippen LogP contribution in [0.2, 0.25) is 0 Å². The second-order valence-electron chi connectivity index (χ2n) is 9.25. The maximum Gasteiger partial charge on any atom is 0.303 e. The summed E-state index contributed by atoms with van der Waals surface area (Å²) in [6, 6.07) is 0. The molecule has 0 radical (unpaired) electrons. The standard InChI is InChI=1S/C25H35BrO16/c1-10(27)34-9-17-19(21(37-13(4)30)22(38-14(5)31)24(33-7)41-17)42-25-23(39-15(6)32)20(36-12(3)29)18(35-11(2)28)16(8-26)40-25/h16-25H,8-9H2,1-7H3/t16-,17-,18-,19-,20+,21+,22-,23-,24-,25-/m1/s1. The van der Waals surface area contributed by atoms with Crippen molar-refractivity contribution in [2.24, 2.45) is 0 Å². The molecule has 0 bridgehead atoms. The fourth-order valence-corrected chi connectivity index (χ4v) is 4.97. The van der Waals surface area contributed by atoms with E-state index in [4.69, 9.17) is 47.4 Å². The van der Waals surface area contributed by atoms with Gasteiger partial charge in [-0.05, 0) is 0 Å². The molecular formula is C25H35BrO16. The van der Waals surface area contributed by atoms with E-state index in [2.05, 4.69) is 15.9 Å². The van der Waals surface area contributed by atoms with Crippen LogP contribution >= 0.6 is 15.9 Å². The molecule has 2 rings (SSSR count). The number of rotatable bonds is 11. The van der Waals surface area contributed by atoms with Crippen molar-refractivity contribution < 1.29 is 76.1 Å². The Hall–Kier alpha value is -2.86. The van der Waals surface area contributed by atoms with Gasteiger partial charge >= 0.3 is 35.8 Å². The minimum absolute atomic E-state index is 0.0304. The van der Waals surface area contributed by atoms with Crippen molar-refractivity contribution in [1.29, 1.82) is 0 Å². The Labute approximate surface area is 249 Å². The Bertz CT molecular complexity index is 1000. The van der Waals surface area contributed by atoms with E-state index in [9.17, 15) is 28.8 Å². The second kappa shape index (κ2) is 16.1. The average Bonchev–Trinajstić information content (AvgIpc) is 2.86. The summed E-state index contributed by atoms with van der Waals surface area (Å²) in [7, 11) is 1.25. The largest absolute Gasteiger partial charge is 0.463 e. The molecule has 0 unspecified atom stereocenters. The highest BCUT2D eigenvalue weighted by Gasteiger charge is 2.57. The SMILES string of the molecule is CO[C@@H]1O[C@H](COC(C)=O)[C@@H](O[C@H]2O[C@H](CBr)[C@@H](OC(C)=O)[C@H](OC(C)=O)[C@H]2OC(C)=O)[C@H](OC(C)=O)[C@H]1OC(C)=O. The van der Waals surface area contributed by atoms with Crippen molar-refractivity contribution in [3.8, 4) is 0 Å². The van der Waals surface area contributed by atoms with Gasteiger partial charge < -0.3 is 47.4 Å². The van der Waals surface area contributed by atoms with Gasteiger partial charge in [0.25, 0.3) is 0 Å². The monoisotopic (exact) mass is 670 g/mol. The van der Waals surface area contributed by atoms with E-state index in [0.29, 0.717) is 0 Å². The third-order valence-corrected chi connectivity index (χ3v) is 6.46. The second-order valence-corrected chi connectivity index (χ2v) is 9.90. The van der Waals surface area contributed by atoms with Crippen molar-refractivity contribution in [2.45, 2.75) is 103 Å². The Balaban J connectivity index is 2.63. The summed E-state index contributed by atoms with van der Waals surface area (Å²) in [6.07, 6.45) is -13.6. The van der Waals surface area contributed by atoms with Crippen LogP contribution in [0.1, 0.15) is 41.5 Å². The third-order valence-electron chi connectivity index (χ3n) is 5.82. The Morgan fingerprint density at radius 2 is 0.952 bits per heavy atom. The first-order valence-electron chi connectivity index (χ1n) is 12.7. The van der Waals surface area contributed by atoms with Crippen LogP contribution in [0.5, 0.6) is 0 Å². The lowest BCUT2D eigenvalue weighted by Crippen LogP contribution is -2.67. The van der Waals surface area contributed by atoms with Gasteiger partial charge in [-0.1, -0.05) is 15.9 Å². The first-order chi connectivity index (χ1) is 19.7. The van der Waals surface area contributed by atoms with Crippen LogP contribution in [0.4, 0.5) is 0 Å². The molecule has 0 aliphatic carbocycles. The maximum absolute atomic E-state index is 12.2. The van der Waals surface area contributed by atoms with Gasteiger partial charge in [-0.3, -0.25) is 28.8 Å².